The van der Waals surface area contributed by atoms with Gasteiger partial charge in [-0.2, -0.15) is 5.48 Å². The summed E-state index contributed by atoms with van der Waals surface area (Å²) in [5, 5.41) is 6.95. The fourth-order valence-corrected chi connectivity index (χ4v) is 5.29. The van der Waals surface area contributed by atoms with E-state index in [0.717, 1.165) is 38.3 Å². The van der Waals surface area contributed by atoms with Crippen LogP contribution in [-0.2, 0) is 9.63 Å². The Hall–Kier alpha value is -0.730. The van der Waals surface area contributed by atoms with Gasteiger partial charge in [0.25, 0.3) is 0 Å². The van der Waals surface area contributed by atoms with Crippen molar-refractivity contribution in [1.29, 1.82) is 0 Å². The van der Waals surface area contributed by atoms with E-state index in [0.29, 0.717) is 24.0 Å². The molecule has 0 aromatic carbocycles. The van der Waals surface area contributed by atoms with Gasteiger partial charge in [0.1, 0.15) is 6.23 Å². The van der Waals surface area contributed by atoms with Gasteiger partial charge in [0.15, 0.2) is 0 Å². The van der Waals surface area contributed by atoms with Gasteiger partial charge in [-0.05, 0) is 62.7 Å². The minimum absolute atomic E-state index is 0.117. The number of nitrogens with one attached hydrogen (secondary N) is 5. The third kappa shape index (κ3) is 3.85. The van der Waals surface area contributed by atoms with E-state index in [4.69, 9.17) is 4.84 Å². The molecule has 2 heterocycles. The zero-order valence-corrected chi connectivity index (χ0v) is 15.2. The fourth-order valence-electron chi connectivity index (χ4n) is 5.29. The molecule has 7 atom stereocenters. The molecule has 0 radical (unpaired) electrons. The topological polar surface area (TPSA) is 86.5 Å². The van der Waals surface area contributed by atoms with Crippen LogP contribution < -0.4 is 27.0 Å². The summed E-state index contributed by atoms with van der Waals surface area (Å²) >= 11 is 0. The van der Waals surface area contributed by atoms with E-state index < -0.39 is 0 Å². The largest absolute Gasteiger partial charge is 0.353 e. The Labute approximate surface area is 150 Å². The van der Waals surface area contributed by atoms with Crippen LogP contribution in [0.4, 0.5) is 0 Å². The first kappa shape index (κ1) is 17.7. The van der Waals surface area contributed by atoms with Crippen LogP contribution in [0.5, 0.6) is 0 Å². The zero-order chi connectivity index (χ0) is 17.2. The van der Waals surface area contributed by atoms with Crippen LogP contribution in [0.1, 0.15) is 51.9 Å². The van der Waals surface area contributed by atoms with E-state index in [1.54, 1.807) is 0 Å². The van der Waals surface area contributed by atoms with Crippen LogP contribution in [0.2, 0.25) is 0 Å². The highest BCUT2D eigenvalue weighted by atomic mass is 16.7. The Morgan fingerprint density at radius 3 is 2.76 bits per heavy atom. The molecule has 4 aliphatic rings. The lowest BCUT2D eigenvalue weighted by Gasteiger charge is -2.37. The molecule has 2 aliphatic carbocycles. The third-order valence-corrected chi connectivity index (χ3v) is 6.78. The zero-order valence-electron chi connectivity index (χ0n) is 15.2. The minimum atomic E-state index is 0.117. The van der Waals surface area contributed by atoms with E-state index in [9.17, 15) is 4.79 Å². The summed E-state index contributed by atoms with van der Waals surface area (Å²) in [4.78, 5) is 18.1. The molecule has 2 saturated carbocycles. The number of carbonyl (C=O) groups is 1. The normalized spacial score (nSPS) is 44.4. The fraction of sp³-hybridized carbons (Fsp3) is 0.944. The summed E-state index contributed by atoms with van der Waals surface area (Å²) in [5.74, 6) is 2.42. The Balaban J connectivity index is 1.28. The predicted octanol–water partition coefficient (Wildman–Crippen LogP) is 0.598. The molecule has 4 rings (SSSR count). The van der Waals surface area contributed by atoms with E-state index in [1.165, 1.54) is 25.7 Å². The van der Waals surface area contributed by atoms with Gasteiger partial charge in [0, 0.05) is 19.1 Å². The number of rotatable bonds is 4. The van der Waals surface area contributed by atoms with Gasteiger partial charge >= 0.3 is 0 Å². The number of fused-ring (bicyclic) bond motifs is 1. The van der Waals surface area contributed by atoms with Crippen molar-refractivity contribution in [2.75, 3.05) is 13.1 Å². The molecule has 0 aromatic heterocycles. The van der Waals surface area contributed by atoms with Crippen LogP contribution in [0.15, 0.2) is 0 Å². The number of hydroxylamine groups is 1. The van der Waals surface area contributed by atoms with Gasteiger partial charge in [0.05, 0.1) is 12.1 Å². The molecule has 0 bridgehead atoms. The van der Waals surface area contributed by atoms with E-state index in [1.807, 2.05) is 0 Å². The lowest BCUT2D eigenvalue weighted by Crippen LogP contribution is -2.51. The molecule has 2 aliphatic heterocycles. The molecule has 0 spiro atoms. The first-order valence-corrected chi connectivity index (χ1v) is 10.2. The second-order valence-corrected chi connectivity index (χ2v) is 8.26. The third-order valence-electron chi connectivity index (χ3n) is 6.78. The first-order chi connectivity index (χ1) is 12.2. The quantitative estimate of drug-likeness (QED) is 0.510. The molecule has 7 nitrogen and oxygen atoms in total. The van der Waals surface area contributed by atoms with Crippen molar-refractivity contribution in [2.45, 2.75) is 70.3 Å². The number of amides is 1. The van der Waals surface area contributed by atoms with Crippen LogP contribution in [-0.4, -0.2) is 37.4 Å². The summed E-state index contributed by atoms with van der Waals surface area (Å²) in [6.45, 7) is 3.76. The summed E-state index contributed by atoms with van der Waals surface area (Å²) < 4.78 is 0. The Bertz CT molecular complexity index is 470. The lowest BCUT2D eigenvalue weighted by molar-refractivity contribution is -0.126. The van der Waals surface area contributed by atoms with Crippen LogP contribution in [0.3, 0.4) is 0 Å². The lowest BCUT2D eigenvalue weighted by atomic mass is 9.73. The molecule has 7 heteroatoms. The summed E-state index contributed by atoms with van der Waals surface area (Å²) in [6, 6.07) is 0.387. The van der Waals surface area contributed by atoms with Gasteiger partial charge in [-0.1, -0.05) is 6.92 Å². The van der Waals surface area contributed by atoms with E-state index >= 15 is 0 Å². The minimum Gasteiger partial charge on any atom is -0.353 e. The van der Waals surface area contributed by atoms with Crippen molar-refractivity contribution in [2.24, 2.45) is 23.7 Å². The van der Waals surface area contributed by atoms with Gasteiger partial charge < -0.3 is 5.32 Å². The van der Waals surface area contributed by atoms with Crippen molar-refractivity contribution < 1.29 is 9.63 Å². The molecule has 5 N–H and O–H groups in total. The molecule has 25 heavy (non-hydrogen) atoms. The number of carbonyl (C=O) groups excluding carboxylic acids is 1. The predicted molar refractivity (Wildman–Crippen MR) is 94.8 cm³/mol. The maximum atomic E-state index is 12.6. The number of hydrogen-bond donors (Lipinski definition) is 5. The van der Waals surface area contributed by atoms with Crippen LogP contribution in [0, 0.1) is 23.7 Å². The number of hydrogen-bond acceptors (Lipinski definition) is 6. The maximum Gasteiger partial charge on any atom is 0.224 e. The summed E-state index contributed by atoms with van der Waals surface area (Å²) in [5.41, 5.74) is 9.40. The average Bonchev–Trinajstić information content (AvgIpc) is 3.29. The van der Waals surface area contributed by atoms with Gasteiger partial charge in [-0.25, -0.2) is 0 Å². The van der Waals surface area contributed by atoms with Crippen LogP contribution in [0.25, 0.3) is 0 Å². The molecule has 0 aromatic rings. The van der Waals surface area contributed by atoms with Gasteiger partial charge in [-0.3, -0.25) is 25.8 Å². The SMILES string of the molecule is CCC1NC(C2CCC3C(CC[C@H]3NC(=O)C3CCNNC3)C2)NO1. The maximum absolute atomic E-state index is 12.6. The summed E-state index contributed by atoms with van der Waals surface area (Å²) in [6.07, 6.45) is 8.44. The molecular formula is C18H33N5O2. The van der Waals surface area contributed by atoms with Crippen molar-refractivity contribution in [3.05, 3.63) is 0 Å². The number of hydrazine groups is 1. The molecule has 142 valence electrons. The standard InChI is InChI=1S/C18H33N5O2/c1-2-16-22-17(23-25-16)12-3-5-14-11(9-12)4-6-15(14)21-18(24)13-7-8-19-20-10-13/h11-17,19-20,22-23H,2-10H2,1H3,(H,21,24)/t11?,12?,13?,14?,15-,16?,17?/m1/s1. The highest BCUT2D eigenvalue weighted by Crippen LogP contribution is 2.45. The second kappa shape index (κ2) is 7.88. The monoisotopic (exact) mass is 351 g/mol. The van der Waals surface area contributed by atoms with Crippen molar-refractivity contribution in [3.8, 4) is 0 Å². The van der Waals surface area contributed by atoms with Crippen molar-refractivity contribution in [1.82, 2.24) is 27.0 Å². The van der Waals surface area contributed by atoms with Gasteiger partial charge in [-0.15, -0.1) is 0 Å². The smallest absolute Gasteiger partial charge is 0.224 e. The van der Waals surface area contributed by atoms with E-state index in [2.05, 4.69) is 33.9 Å². The first-order valence-electron chi connectivity index (χ1n) is 10.2. The van der Waals surface area contributed by atoms with Gasteiger partial charge in [0.2, 0.25) is 5.91 Å². The molecular weight excluding hydrogens is 318 g/mol. The Morgan fingerprint density at radius 2 is 2.00 bits per heavy atom. The Kier molecular flexibility index (Phi) is 5.57. The van der Waals surface area contributed by atoms with Crippen molar-refractivity contribution >= 4 is 5.91 Å². The highest BCUT2D eigenvalue weighted by molar-refractivity contribution is 5.79. The second-order valence-electron chi connectivity index (χ2n) is 8.26. The average molecular weight is 351 g/mol. The van der Waals surface area contributed by atoms with Crippen molar-refractivity contribution in [3.63, 3.8) is 0 Å². The Morgan fingerprint density at radius 1 is 1.12 bits per heavy atom. The molecule has 1 amide bonds. The summed E-state index contributed by atoms with van der Waals surface area (Å²) in [7, 11) is 0. The highest BCUT2D eigenvalue weighted by Gasteiger charge is 2.44. The molecule has 6 unspecified atom stereocenters. The van der Waals surface area contributed by atoms with Crippen LogP contribution >= 0.6 is 0 Å². The van der Waals surface area contributed by atoms with E-state index in [-0.39, 0.29) is 18.1 Å². The molecule has 4 fully saturated rings. The molecule has 2 saturated heterocycles.